The van der Waals surface area contributed by atoms with Gasteiger partial charge < -0.3 is 5.73 Å². The first-order valence-corrected chi connectivity index (χ1v) is 6.88. The summed E-state index contributed by atoms with van der Waals surface area (Å²) >= 11 is 0. The molecule has 1 aliphatic heterocycles. The molecule has 19 heavy (non-hydrogen) atoms. The van der Waals surface area contributed by atoms with E-state index in [2.05, 4.69) is 18.7 Å². The quantitative estimate of drug-likeness (QED) is 0.651. The molecule has 1 fully saturated rings. The van der Waals surface area contributed by atoms with Gasteiger partial charge in [0.25, 0.3) is 0 Å². The van der Waals surface area contributed by atoms with Gasteiger partial charge in [-0.2, -0.15) is 0 Å². The summed E-state index contributed by atoms with van der Waals surface area (Å²) < 4.78 is 14.3. The number of halogens is 1. The molecule has 0 radical (unpaired) electrons. The van der Waals surface area contributed by atoms with Gasteiger partial charge in [-0.3, -0.25) is 10.3 Å². The Balaban J connectivity index is 2.23. The van der Waals surface area contributed by atoms with Crippen molar-refractivity contribution in [2.75, 3.05) is 0 Å². The fourth-order valence-corrected chi connectivity index (χ4v) is 2.89. The Labute approximate surface area is 114 Å². The Bertz CT molecular complexity index is 462. The molecule has 0 amide bonds. The molecule has 0 saturated carbocycles. The summed E-state index contributed by atoms with van der Waals surface area (Å²) in [6.45, 7) is 4.99. The van der Waals surface area contributed by atoms with Gasteiger partial charge in [0.1, 0.15) is 11.7 Å². The Morgan fingerprint density at radius 1 is 1.37 bits per heavy atom. The van der Waals surface area contributed by atoms with Crippen molar-refractivity contribution in [1.29, 1.82) is 5.41 Å². The lowest BCUT2D eigenvalue weighted by Crippen LogP contribution is -2.43. The number of nitrogen functional groups attached to an aromatic ring is 1. The number of likely N-dealkylation sites (tertiary alicyclic amines) is 1. The molecule has 0 bridgehead atoms. The van der Waals surface area contributed by atoms with Crippen molar-refractivity contribution in [1.82, 2.24) is 4.90 Å². The fraction of sp³-hybridized carbons (Fsp3) is 0.533. The number of nitrogens with zero attached hydrogens (tertiary/aromatic N) is 1. The average Bonchev–Trinajstić information content (AvgIpc) is 2.35. The highest BCUT2D eigenvalue weighted by Crippen LogP contribution is 2.25. The van der Waals surface area contributed by atoms with Gasteiger partial charge in [-0.1, -0.05) is 18.6 Å². The zero-order valence-electron chi connectivity index (χ0n) is 11.6. The molecule has 3 N–H and O–H groups in total. The van der Waals surface area contributed by atoms with E-state index in [0.717, 1.165) is 0 Å². The molecule has 3 nitrogen and oxygen atoms in total. The number of nitrogens with two attached hydrogens (primary N) is 1. The highest BCUT2D eigenvalue weighted by Gasteiger charge is 2.25. The summed E-state index contributed by atoms with van der Waals surface area (Å²) in [4.78, 5) is 2.34. The minimum atomic E-state index is -0.347. The second-order valence-electron chi connectivity index (χ2n) is 5.49. The van der Waals surface area contributed by atoms with Crippen molar-refractivity contribution in [3.05, 3.63) is 35.1 Å². The Kier molecular flexibility index (Phi) is 4.20. The number of hydrogen-bond donors (Lipinski definition) is 2. The molecule has 104 valence electrons. The van der Waals surface area contributed by atoms with Crippen LogP contribution in [0.5, 0.6) is 0 Å². The number of benzene rings is 1. The van der Waals surface area contributed by atoms with Crippen LogP contribution in [0.3, 0.4) is 0 Å². The SMILES string of the molecule is CC1CCCC(C)N1Cc1cccc(C(=N)N)c1F. The van der Waals surface area contributed by atoms with Gasteiger partial charge in [0.05, 0.1) is 5.56 Å². The predicted molar refractivity (Wildman–Crippen MR) is 75.7 cm³/mol. The highest BCUT2D eigenvalue weighted by molar-refractivity contribution is 5.95. The Morgan fingerprint density at radius 3 is 2.58 bits per heavy atom. The van der Waals surface area contributed by atoms with Crippen molar-refractivity contribution >= 4 is 5.84 Å². The van der Waals surface area contributed by atoms with Crippen molar-refractivity contribution < 1.29 is 4.39 Å². The van der Waals surface area contributed by atoms with Gasteiger partial charge in [0.15, 0.2) is 0 Å². The van der Waals surface area contributed by atoms with Crippen molar-refractivity contribution in [3.8, 4) is 0 Å². The number of nitrogens with one attached hydrogen (secondary N) is 1. The monoisotopic (exact) mass is 263 g/mol. The summed E-state index contributed by atoms with van der Waals surface area (Å²) in [5.41, 5.74) is 6.24. The molecular weight excluding hydrogens is 241 g/mol. The van der Waals surface area contributed by atoms with Crippen LogP contribution in [0.4, 0.5) is 4.39 Å². The first-order chi connectivity index (χ1) is 9.00. The van der Waals surface area contributed by atoms with Crippen molar-refractivity contribution in [3.63, 3.8) is 0 Å². The third-order valence-electron chi connectivity index (χ3n) is 4.10. The molecule has 4 heteroatoms. The van der Waals surface area contributed by atoms with Crippen LogP contribution >= 0.6 is 0 Å². The van der Waals surface area contributed by atoms with Crippen molar-refractivity contribution in [2.45, 2.75) is 51.7 Å². The first-order valence-electron chi connectivity index (χ1n) is 6.88. The van der Waals surface area contributed by atoms with Crippen LogP contribution in [0.2, 0.25) is 0 Å². The van der Waals surface area contributed by atoms with Crippen LogP contribution in [0.1, 0.15) is 44.2 Å². The zero-order chi connectivity index (χ0) is 14.0. The first kappa shape index (κ1) is 14.0. The minimum absolute atomic E-state index is 0.204. The van der Waals surface area contributed by atoms with E-state index in [4.69, 9.17) is 11.1 Å². The van der Waals surface area contributed by atoms with Gasteiger partial charge in [0, 0.05) is 24.2 Å². The second kappa shape index (κ2) is 5.70. The molecule has 0 aromatic heterocycles. The van der Waals surface area contributed by atoms with Crippen LogP contribution in [0.15, 0.2) is 18.2 Å². The van der Waals surface area contributed by atoms with Crippen LogP contribution in [-0.2, 0) is 6.54 Å². The Hall–Kier alpha value is -1.42. The van der Waals surface area contributed by atoms with Gasteiger partial charge in [-0.15, -0.1) is 0 Å². The van der Waals surface area contributed by atoms with E-state index in [9.17, 15) is 4.39 Å². The van der Waals surface area contributed by atoms with Gasteiger partial charge in [-0.05, 0) is 32.8 Å². The molecule has 2 rings (SSSR count). The molecule has 1 aromatic carbocycles. The molecule has 2 atom stereocenters. The number of rotatable bonds is 3. The van der Waals surface area contributed by atoms with Gasteiger partial charge in [-0.25, -0.2) is 4.39 Å². The molecule has 1 aromatic rings. The van der Waals surface area contributed by atoms with E-state index in [1.165, 1.54) is 19.3 Å². The summed E-state index contributed by atoms with van der Waals surface area (Å²) in [6, 6.07) is 6.07. The fourth-order valence-electron chi connectivity index (χ4n) is 2.89. The molecule has 1 aliphatic rings. The molecule has 2 unspecified atom stereocenters. The summed E-state index contributed by atoms with van der Waals surface area (Å²) in [6.07, 6.45) is 3.57. The largest absolute Gasteiger partial charge is 0.384 e. The standard InChI is InChI=1S/C15H22FN3/c1-10-5-3-6-11(2)19(10)9-12-7-4-8-13(14(12)16)15(17)18/h4,7-8,10-11H,3,5-6,9H2,1-2H3,(H3,17,18). The van der Waals surface area contributed by atoms with E-state index in [-0.39, 0.29) is 17.2 Å². The van der Waals surface area contributed by atoms with Crippen LogP contribution < -0.4 is 5.73 Å². The lowest BCUT2D eigenvalue weighted by atomic mass is 9.96. The molecule has 1 heterocycles. The summed E-state index contributed by atoms with van der Waals surface area (Å²) in [5, 5.41) is 7.40. The molecule has 0 aliphatic carbocycles. The second-order valence-corrected chi connectivity index (χ2v) is 5.49. The molecule has 0 spiro atoms. The predicted octanol–water partition coefficient (Wildman–Crippen LogP) is 2.87. The third kappa shape index (κ3) is 2.95. The van der Waals surface area contributed by atoms with Crippen LogP contribution in [-0.4, -0.2) is 22.8 Å². The zero-order valence-corrected chi connectivity index (χ0v) is 11.6. The maximum Gasteiger partial charge on any atom is 0.138 e. The summed E-state index contributed by atoms with van der Waals surface area (Å²) in [7, 11) is 0. The van der Waals surface area contributed by atoms with E-state index in [1.807, 2.05) is 0 Å². The smallest absolute Gasteiger partial charge is 0.138 e. The maximum atomic E-state index is 14.3. The molecule has 1 saturated heterocycles. The highest BCUT2D eigenvalue weighted by atomic mass is 19.1. The lowest BCUT2D eigenvalue weighted by Gasteiger charge is -2.39. The number of piperidine rings is 1. The number of hydrogen-bond acceptors (Lipinski definition) is 2. The Morgan fingerprint density at radius 2 is 2.00 bits per heavy atom. The van der Waals surface area contributed by atoms with Crippen molar-refractivity contribution in [2.24, 2.45) is 5.73 Å². The topological polar surface area (TPSA) is 53.1 Å². The maximum absolute atomic E-state index is 14.3. The lowest BCUT2D eigenvalue weighted by molar-refractivity contribution is 0.0940. The van der Waals surface area contributed by atoms with E-state index < -0.39 is 0 Å². The van der Waals surface area contributed by atoms with E-state index in [1.54, 1.807) is 18.2 Å². The average molecular weight is 263 g/mol. The van der Waals surface area contributed by atoms with Crippen LogP contribution in [0, 0.1) is 11.2 Å². The van der Waals surface area contributed by atoms with E-state index >= 15 is 0 Å². The van der Waals surface area contributed by atoms with Gasteiger partial charge in [0.2, 0.25) is 0 Å². The van der Waals surface area contributed by atoms with Crippen LogP contribution in [0.25, 0.3) is 0 Å². The molecular formula is C15H22FN3. The van der Waals surface area contributed by atoms with E-state index in [0.29, 0.717) is 24.2 Å². The number of amidine groups is 1. The normalized spacial score (nSPS) is 24.4. The minimum Gasteiger partial charge on any atom is -0.384 e. The van der Waals surface area contributed by atoms with Gasteiger partial charge >= 0.3 is 0 Å². The third-order valence-corrected chi connectivity index (χ3v) is 4.10. The summed E-state index contributed by atoms with van der Waals surface area (Å²) in [5.74, 6) is -0.556.